The lowest BCUT2D eigenvalue weighted by Crippen LogP contribution is -2.38. The van der Waals surface area contributed by atoms with Crippen LogP contribution in [0, 0.1) is 5.82 Å². The van der Waals surface area contributed by atoms with Crippen LogP contribution in [0.5, 0.6) is 11.5 Å². The molecule has 0 aliphatic rings. The summed E-state index contributed by atoms with van der Waals surface area (Å²) in [6, 6.07) is 10.9. The van der Waals surface area contributed by atoms with E-state index in [1.54, 1.807) is 33.5 Å². The van der Waals surface area contributed by atoms with Gasteiger partial charge in [-0.3, -0.25) is 0 Å². The molecule has 0 bridgehead atoms. The summed E-state index contributed by atoms with van der Waals surface area (Å²) in [7, 11) is 4.80. The van der Waals surface area contributed by atoms with E-state index in [-0.39, 0.29) is 36.4 Å². The molecule has 0 saturated heterocycles. The van der Waals surface area contributed by atoms with Crippen molar-refractivity contribution in [2.45, 2.75) is 26.5 Å². The molecule has 0 radical (unpaired) electrons. The van der Waals surface area contributed by atoms with Crippen LogP contribution in [0.4, 0.5) is 4.39 Å². The lowest BCUT2D eigenvalue weighted by atomic mass is 10.1. The van der Waals surface area contributed by atoms with Crippen LogP contribution in [0.1, 0.15) is 23.6 Å². The number of aliphatic imine (C=N–C) groups is 1. The fourth-order valence-electron chi connectivity index (χ4n) is 2.87. The normalized spacial score (nSPS) is 10.9. The number of rotatable bonds is 10. The van der Waals surface area contributed by atoms with E-state index in [1.165, 1.54) is 6.07 Å². The van der Waals surface area contributed by atoms with E-state index < -0.39 is 0 Å². The smallest absolute Gasteiger partial charge is 0.191 e. The van der Waals surface area contributed by atoms with Gasteiger partial charge in [-0.1, -0.05) is 12.1 Å². The van der Waals surface area contributed by atoms with E-state index in [9.17, 15) is 4.39 Å². The predicted octanol–water partition coefficient (Wildman–Crippen LogP) is 3.91. The first kappa shape index (κ1) is 26.0. The number of nitrogens with zero attached hydrogens (tertiary/aromatic N) is 1. The molecule has 0 spiro atoms. The molecule has 2 aromatic carbocycles. The molecular formula is C22H31FIN3O3. The monoisotopic (exact) mass is 531 g/mol. The Balaban J connectivity index is 0.00000450. The molecule has 8 heteroatoms. The molecule has 0 aliphatic carbocycles. The summed E-state index contributed by atoms with van der Waals surface area (Å²) in [6.45, 7) is 4.16. The summed E-state index contributed by atoms with van der Waals surface area (Å²) in [6.07, 6.45) is 0.805. The molecule has 0 aliphatic heterocycles. The van der Waals surface area contributed by atoms with Crippen molar-refractivity contribution < 1.29 is 18.6 Å². The SMILES string of the molecule is CCNC(=NCc1ccc(F)c(COC)c1)NCCc1ccc(OC)c(OC)c1.I. The Labute approximate surface area is 195 Å². The summed E-state index contributed by atoms with van der Waals surface area (Å²) >= 11 is 0. The molecule has 0 heterocycles. The van der Waals surface area contributed by atoms with Crippen LogP contribution < -0.4 is 20.1 Å². The van der Waals surface area contributed by atoms with E-state index in [4.69, 9.17) is 14.2 Å². The highest BCUT2D eigenvalue weighted by Crippen LogP contribution is 2.27. The van der Waals surface area contributed by atoms with Crippen LogP contribution in [0.2, 0.25) is 0 Å². The van der Waals surface area contributed by atoms with Crippen LogP contribution in [-0.4, -0.2) is 40.4 Å². The van der Waals surface area contributed by atoms with E-state index >= 15 is 0 Å². The van der Waals surface area contributed by atoms with Crippen LogP contribution >= 0.6 is 24.0 Å². The highest BCUT2D eigenvalue weighted by atomic mass is 127. The zero-order valence-electron chi connectivity index (χ0n) is 18.0. The van der Waals surface area contributed by atoms with Crippen LogP contribution in [0.25, 0.3) is 0 Å². The Hall–Kier alpha value is -2.07. The standard InChI is InChI=1S/C22H30FN3O3.HI/c1-5-24-22(26-14-17-6-8-19(23)18(12-17)15-27-2)25-11-10-16-7-9-20(28-3)21(13-16)29-4;/h6-9,12-13H,5,10-11,14-15H2,1-4H3,(H2,24,25,26);1H. The van der Waals surface area contributed by atoms with Gasteiger partial charge in [-0.2, -0.15) is 0 Å². The van der Waals surface area contributed by atoms with Crippen molar-refractivity contribution in [1.29, 1.82) is 0 Å². The quantitative estimate of drug-likeness (QED) is 0.277. The van der Waals surface area contributed by atoms with E-state index in [0.717, 1.165) is 24.1 Å². The molecule has 0 unspecified atom stereocenters. The fourth-order valence-corrected chi connectivity index (χ4v) is 2.87. The van der Waals surface area contributed by atoms with Crippen LogP contribution in [0.3, 0.4) is 0 Å². The number of hydrogen-bond acceptors (Lipinski definition) is 4. The number of guanidine groups is 1. The molecule has 6 nitrogen and oxygen atoms in total. The van der Waals surface area contributed by atoms with Gasteiger partial charge in [0.2, 0.25) is 0 Å². The summed E-state index contributed by atoms with van der Waals surface area (Å²) in [5, 5.41) is 6.55. The van der Waals surface area contributed by atoms with Crippen molar-refractivity contribution in [3.63, 3.8) is 0 Å². The zero-order chi connectivity index (χ0) is 21.1. The highest BCUT2D eigenvalue weighted by Gasteiger charge is 2.06. The van der Waals surface area contributed by atoms with Gasteiger partial charge < -0.3 is 24.8 Å². The Bertz CT molecular complexity index is 818. The third-order valence-corrected chi connectivity index (χ3v) is 4.33. The van der Waals surface area contributed by atoms with Gasteiger partial charge in [0.25, 0.3) is 0 Å². The number of methoxy groups -OCH3 is 3. The Morgan fingerprint density at radius 1 is 0.967 bits per heavy atom. The third kappa shape index (κ3) is 7.98. The number of halogens is 2. The Morgan fingerprint density at radius 3 is 2.37 bits per heavy atom. The van der Waals surface area contributed by atoms with Crippen molar-refractivity contribution in [2.24, 2.45) is 4.99 Å². The molecule has 2 rings (SSSR count). The molecule has 166 valence electrons. The third-order valence-electron chi connectivity index (χ3n) is 4.33. The second kappa shape index (κ2) is 14.0. The van der Waals surface area contributed by atoms with E-state index in [1.807, 2.05) is 25.1 Å². The van der Waals surface area contributed by atoms with Gasteiger partial charge in [0, 0.05) is 25.8 Å². The topological polar surface area (TPSA) is 64.1 Å². The average Bonchev–Trinajstić information content (AvgIpc) is 2.74. The second-order valence-electron chi connectivity index (χ2n) is 6.42. The summed E-state index contributed by atoms with van der Waals surface area (Å²) in [4.78, 5) is 4.59. The summed E-state index contributed by atoms with van der Waals surface area (Å²) in [5.74, 6) is 1.88. The Kier molecular flexibility index (Phi) is 12.1. The predicted molar refractivity (Wildman–Crippen MR) is 129 cm³/mol. The number of nitrogens with one attached hydrogen (secondary N) is 2. The largest absolute Gasteiger partial charge is 0.493 e. The molecule has 0 aromatic heterocycles. The van der Waals surface area contributed by atoms with Crippen LogP contribution in [0.15, 0.2) is 41.4 Å². The van der Waals surface area contributed by atoms with Crippen molar-refractivity contribution in [1.82, 2.24) is 10.6 Å². The first-order chi connectivity index (χ1) is 14.1. The van der Waals surface area contributed by atoms with Crippen molar-refractivity contribution in [3.8, 4) is 11.5 Å². The van der Waals surface area contributed by atoms with Gasteiger partial charge in [-0.05, 0) is 48.7 Å². The minimum Gasteiger partial charge on any atom is -0.493 e. The van der Waals surface area contributed by atoms with Gasteiger partial charge in [0.05, 0.1) is 27.4 Å². The van der Waals surface area contributed by atoms with E-state index in [2.05, 4.69) is 15.6 Å². The fraction of sp³-hybridized carbons (Fsp3) is 0.409. The van der Waals surface area contributed by atoms with Crippen molar-refractivity contribution >= 4 is 29.9 Å². The maximum atomic E-state index is 13.7. The molecule has 0 saturated carbocycles. The molecule has 30 heavy (non-hydrogen) atoms. The van der Waals surface area contributed by atoms with Gasteiger partial charge in [-0.15, -0.1) is 24.0 Å². The number of benzene rings is 2. The lowest BCUT2D eigenvalue weighted by Gasteiger charge is -2.13. The molecular weight excluding hydrogens is 500 g/mol. The van der Waals surface area contributed by atoms with Crippen LogP contribution in [-0.2, 0) is 24.3 Å². The highest BCUT2D eigenvalue weighted by molar-refractivity contribution is 14.0. The number of hydrogen-bond donors (Lipinski definition) is 2. The van der Waals surface area contributed by atoms with Gasteiger partial charge in [0.1, 0.15) is 5.82 Å². The van der Waals surface area contributed by atoms with Gasteiger partial charge >= 0.3 is 0 Å². The van der Waals surface area contributed by atoms with Crippen molar-refractivity contribution in [2.75, 3.05) is 34.4 Å². The molecule has 2 aromatic rings. The second-order valence-corrected chi connectivity index (χ2v) is 6.42. The molecule has 0 fully saturated rings. The average molecular weight is 531 g/mol. The van der Waals surface area contributed by atoms with Gasteiger partial charge in [-0.25, -0.2) is 9.38 Å². The molecule has 0 amide bonds. The Morgan fingerprint density at radius 2 is 1.70 bits per heavy atom. The van der Waals surface area contributed by atoms with Gasteiger partial charge in [0.15, 0.2) is 17.5 Å². The minimum atomic E-state index is -0.264. The first-order valence-corrected chi connectivity index (χ1v) is 9.60. The summed E-state index contributed by atoms with van der Waals surface area (Å²) in [5.41, 5.74) is 2.59. The lowest BCUT2D eigenvalue weighted by molar-refractivity contribution is 0.181. The van der Waals surface area contributed by atoms with Crippen molar-refractivity contribution in [3.05, 3.63) is 58.9 Å². The molecule has 2 N–H and O–H groups in total. The number of ether oxygens (including phenoxy) is 3. The summed E-state index contributed by atoms with van der Waals surface area (Å²) < 4.78 is 29.4. The minimum absolute atomic E-state index is 0. The maximum Gasteiger partial charge on any atom is 0.191 e. The maximum absolute atomic E-state index is 13.7. The zero-order valence-corrected chi connectivity index (χ0v) is 20.3. The van der Waals surface area contributed by atoms with E-state index in [0.29, 0.717) is 36.1 Å². The first-order valence-electron chi connectivity index (χ1n) is 9.60. The molecule has 0 atom stereocenters.